The highest BCUT2D eigenvalue weighted by Gasteiger charge is 2.28. The van der Waals surface area contributed by atoms with Crippen molar-refractivity contribution >= 4 is 6.29 Å². The van der Waals surface area contributed by atoms with Crippen molar-refractivity contribution in [3.8, 4) is 22.8 Å². The zero-order valence-electron chi connectivity index (χ0n) is 14.6. The largest absolute Gasteiger partial charge is 0.484 e. The molecule has 2 aromatic carbocycles. The van der Waals surface area contributed by atoms with Gasteiger partial charge in [0.15, 0.2) is 12.9 Å². The van der Waals surface area contributed by atoms with Crippen LogP contribution in [0.4, 0.5) is 13.2 Å². The number of nitrogens with zero attached hydrogens (tertiary/aromatic N) is 1. The summed E-state index contributed by atoms with van der Waals surface area (Å²) in [6.45, 7) is -1.04. The van der Waals surface area contributed by atoms with Gasteiger partial charge in [0, 0.05) is 23.4 Å². The van der Waals surface area contributed by atoms with Crippen molar-refractivity contribution in [2.45, 2.75) is 12.8 Å². The maximum Gasteiger partial charge on any atom is 0.422 e. The summed E-state index contributed by atoms with van der Waals surface area (Å²) in [5.41, 5.74) is 2.39. The van der Waals surface area contributed by atoms with E-state index in [9.17, 15) is 18.0 Å². The van der Waals surface area contributed by atoms with E-state index < -0.39 is 12.8 Å². The topological polar surface area (TPSA) is 48.4 Å². The van der Waals surface area contributed by atoms with Gasteiger partial charge >= 0.3 is 6.18 Å². The molecule has 28 heavy (non-hydrogen) atoms. The van der Waals surface area contributed by atoms with Crippen molar-refractivity contribution < 1.29 is 27.4 Å². The predicted molar refractivity (Wildman–Crippen MR) is 97.4 cm³/mol. The first-order chi connectivity index (χ1) is 13.4. The average molecular weight is 387 g/mol. The summed E-state index contributed by atoms with van der Waals surface area (Å²) >= 11 is 0. The van der Waals surface area contributed by atoms with Crippen LogP contribution in [0.2, 0.25) is 0 Å². The maximum atomic E-state index is 12.3. The number of aromatic nitrogens is 1. The fraction of sp³-hybridized carbons (Fsp3) is 0.143. The fourth-order valence-corrected chi connectivity index (χ4v) is 2.51. The number of hydrogen-bond donors (Lipinski definition) is 0. The van der Waals surface area contributed by atoms with Crippen molar-refractivity contribution in [3.05, 3.63) is 78.0 Å². The third kappa shape index (κ3) is 5.33. The highest BCUT2D eigenvalue weighted by Crippen LogP contribution is 2.28. The highest BCUT2D eigenvalue weighted by molar-refractivity contribution is 5.88. The van der Waals surface area contributed by atoms with Gasteiger partial charge in [-0.3, -0.25) is 4.79 Å². The quantitative estimate of drug-likeness (QED) is 0.531. The summed E-state index contributed by atoms with van der Waals surface area (Å²) < 4.78 is 47.1. The Labute approximate surface area is 159 Å². The molecule has 3 rings (SSSR count). The summed E-state index contributed by atoms with van der Waals surface area (Å²) in [5.74, 6) is 0.393. The molecule has 0 fully saturated rings. The summed E-state index contributed by atoms with van der Waals surface area (Å²) in [5, 5.41) is 0. The number of aldehydes is 1. The van der Waals surface area contributed by atoms with Crippen LogP contribution >= 0.6 is 0 Å². The Morgan fingerprint density at radius 1 is 0.964 bits per heavy atom. The molecule has 4 nitrogen and oxygen atoms in total. The standard InChI is InChI=1S/C21H16F3NO3/c22-21(23,24)14-28-18-7-8-19(17(10-18)12-26)16-6-9-20(25-11-16)27-13-15-4-2-1-3-5-15/h1-12H,13-14H2. The van der Waals surface area contributed by atoms with Crippen molar-refractivity contribution in [1.82, 2.24) is 4.98 Å². The Morgan fingerprint density at radius 2 is 1.75 bits per heavy atom. The van der Waals surface area contributed by atoms with Gasteiger partial charge in [-0.1, -0.05) is 30.3 Å². The highest BCUT2D eigenvalue weighted by atomic mass is 19.4. The molecule has 144 valence electrons. The molecule has 0 radical (unpaired) electrons. The lowest BCUT2D eigenvalue weighted by molar-refractivity contribution is -0.153. The lowest BCUT2D eigenvalue weighted by Crippen LogP contribution is -2.19. The zero-order chi connectivity index (χ0) is 20.0. The molecule has 0 amide bonds. The molecular formula is C21H16F3NO3. The summed E-state index contributed by atoms with van der Waals surface area (Å²) in [7, 11) is 0. The van der Waals surface area contributed by atoms with Crippen molar-refractivity contribution in [3.63, 3.8) is 0 Å². The minimum absolute atomic E-state index is 0.0288. The Bertz CT molecular complexity index is 926. The van der Waals surface area contributed by atoms with Gasteiger partial charge in [-0.15, -0.1) is 0 Å². The number of halogens is 3. The van der Waals surface area contributed by atoms with Crippen LogP contribution in [0.1, 0.15) is 15.9 Å². The lowest BCUT2D eigenvalue weighted by Gasteiger charge is -2.12. The second-order valence-corrected chi connectivity index (χ2v) is 5.93. The van der Waals surface area contributed by atoms with Gasteiger partial charge in [-0.05, 0) is 35.4 Å². The smallest absolute Gasteiger partial charge is 0.422 e. The van der Waals surface area contributed by atoms with Gasteiger partial charge in [-0.25, -0.2) is 4.98 Å². The van der Waals surface area contributed by atoms with Crippen molar-refractivity contribution in [2.75, 3.05) is 6.61 Å². The van der Waals surface area contributed by atoms with E-state index in [2.05, 4.69) is 9.72 Å². The van der Waals surface area contributed by atoms with E-state index in [1.807, 2.05) is 30.3 Å². The number of pyridine rings is 1. The number of carbonyl (C=O) groups is 1. The first kappa shape index (κ1) is 19.4. The molecule has 1 heterocycles. The minimum atomic E-state index is -4.44. The Balaban J connectivity index is 1.71. The van der Waals surface area contributed by atoms with E-state index in [-0.39, 0.29) is 11.3 Å². The molecule has 0 unspecified atom stereocenters. The number of alkyl halides is 3. The molecule has 0 saturated carbocycles. The van der Waals surface area contributed by atoms with Gasteiger partial charge in [0.25, 0.3) is 0 Å². The summed E-state index contributed by atoms with van der Waals surface area (Å²) in [6.07, 6.45) is -2.34. The van der Waals surface area contributed by atoms with E-state index >= 15 is 0 Å². The Hall–Kier alpha value is -3.35. The molecule has 1 aromatic heterocycles. The first-order valence-electron chi connectivity index (χ1n) is 8.36. The Kier molecular flexibility index (Phi) is 5.93. The van der Waals surface area contributed by atoms with Crippen LogP contribution in [0, 0.1) is 0 Å². The van der Waals surface area contributed by atoms with Crippen LogP contribution in [-0.4, -0.2) is 24.1 Å². The van der Waals surface area contributed by atoms with Gasteiger partial charge in [0.1, 0.15) is 12.4 Å². The molecule has 0 N–H and O–H groups in total. The second kappa shape index (κ2) is 8.56. The average Bonchev–Trinajstić information content (AvgIpc) is 2.71. The first-order valence-corrected chi connectivity index (χ1v) is 8.36. The van der Waals surface area contributed by atoms with E-state index in [1.165, 1.54) is 18.2 Å². The van der Waals surface area contributed by atoms with Crippen LogP contribution in [0.15, 0.2) is 66.9 Å². The molecule has 3 aromatic rings. The van der Waals surface area contributed by atoms with Gasteiger partial charge < -0.3 is 9.47 Å². The van der Waals surface area contributed by atoms with Crippen LogP contribution in [0.5, 0.6) is 11.6 Å². The van der Waals surface area contributed by atoms with Crippen LogP contribution < -0.4 is 9.47 Å². The molecule has 0 spiro atoms. The summed E-state index contributed by atoms with van der Waals surface area (Å²) in [4.78, 5) is 15.6. The lowest BCUT2D eigenvalue weighted by atomic mass is 10.0. The van der Waals surface area contributed by atoms with Crippen LogP contribution in [0.25, 0.3) is 11.1 Å². The fourth-order valence-electron chi connectivity index (χ4n) is 2.51. The van der Waals surface area contributed by atoms with E-state index in [0.29, 0.717) is 29.9 Å². The number of ether oxygens (including phenoxy) is 2. The van der Waals surface area contributed by atoms with Gasteiger partial charge in [0.05, 0.1) is 0 Å². The maximum absolute atomic E-state index is 12.3. The van der Waals surface area contributed by atoms with E-state index in [1.54, 1.807) is 18.3 Å². The predicted octanol–water partition coefficient (Wildman–Crippen LogP) is 5.08. The molecule has 0 atom stereocenters. The minimum Gasteiger partial charge on any atom is -0.484 e. The van der Waals surface area contributed by atoms with E-state index in [4.69, 9.17) is 4.74 Å². The summed E-state index contributed by atoms with van der Waals surface area (Å²) in [6, 6.07) is 17.2. The molecule has 7 heteroatoms. The number of carbonyl (C=O) groups excluding carboxylic acids is 1. The van der Waals surface area contributed by atoms with Gasteiger partial charge in [0.2, 0.25) is 5.88 Å². The van der Waals surface area contributed by atoms with E-state index in [0.717, 1.165) is 5.56 Å². The van der Waals surface area contributed by atoms with Gasteiger partial charge in [-0.2, -0.15) is 13.2 Å². The van der Waals surface area contributed by atoms with Crippen LogP contribution in [-0.2, 0) is 6.61 Å². The normalized spacial score (nSPS) is 11.1. The third-order valence-electron chi connectivity index (χ3n) is 3.83. The SMILES string of the molecule is O=Cc1cc(OCC(F)(F)F)ccc1-c1ccc(OCc2ccccc2)nc1. The van der Waals surface area contributed by atoms with Crippen LogP contribution in [0.3, 0.4) is 0 Å². The molecule has 0 bridgehead atoms. The third-order valence-corrected chi connectivity index (χ3v) is 3.83. The molecule has 0 aliphatic heterocycles. The second-order valence-electron chi connectivity index (χ2n) is 5.93. The van der Waals surface area contributed by atoms with Crippen molar-refractivity contribution in [2.24, 2.45) is 0 Å². The Morgan fingerprint density at radius 3 is 2.39 bits per heavy atom. The molecule has 0 saturated heterocycles. The zero-order valence-corrected chi connectivity index (χ0v) is 14.6. The number of benzene rings is 2. The van der Waals surface area contributed by atoms with Crippen molar-refractivity contribution in [1.29, 1.82) is 0 Å². The number of rotatable bonds is 7. The molecular weight excluding hydrogens is 371 g/mol. The molecule has 0 aliphatic rings. The monoisotopic (exact) mass is 387 g/mol. The molecule has 0 aliphatic carbocycles. The number of hydrogen-bond acceptors (Lipinski definition) is 4.